The van der Waals surface area contributed by atoms with Crippen LogP contribution < -0.4 is 5.11 Å². The summed E-state index contributed by atoms with van der Waals surface area (Å²) in [5, 5.41) is 10.4. The van der Waals surface area contributed by atoms with Gasteiger partial charge in [-0.25, -0.2) is 0 Å². The van der Waals surface area contributed by atoms with Gasteiger partial charge in [-0.3, -0.25) is 0 Å². The first-order valence-electron chi connectivity index (χ1n) is 3.85. The maximum absolute atomic E-state index is 10.4. The molecule has 1 heterocycles. The van der Waals surface area contributed by atoms with Gasteiger partial charge in [-0.2, -0.15) is 0 Å². The number of carbonyl (C=O) groups excluding carboxylic acids is 1. The molecule has 0 bridgehead atoms. The van der Waals surface area contributed by atoms with Gasteiger partial charge in [-0.15, -0.1) is 23.5 Å². The average Bonchev–Trinajstić information content (AvgIpc) is 2.06. The lowest BCUT2D eigenvalue weighted by Crippen LogP contribution is -2.41. The minimum atomic E-state index is -1.08. The van der Waals surface area contributed by atoms with Crippen molar-refractivity contribution >= 4 is 29.6 Å². The van der Waals surface area contributed by atoms with Crippen molar-refractivity contribution in [2.24, 2.45) is 0 Å². The summed E-state index contributed by atoms with van der Waals surface area (Å²) < 4.78 is 0.404. The van der Waals surface area contributed by atoms with Gasteiger partial charge < -0.3 is 14.8 Å². The zero-order valence-corrected chi connectivity index (χ0v) is 8.62. The first-order chi connectivity index (χ1) is 5.70. The van der Waals surface area contributed by atoms with Crippen LogP contribution in [0, 0.1) is 0 Å². The van der Waals surface area contributed by atoms with E-state index in [1.807, 2.05) is 23.5 Å². The smallest absolute Gasteiger partial charge is 0.136 e. The summed E-state index contributed by atoms with van der Waals surface area (Å²) in [6, 6.07) is 0. The Labute approximate surface area is 80.9 Å². The van der Waals surface area contributed by atoms with E-state index >= 15 is 0 Å². The fourth-order valence-electron chi connectivity index (χ4n) is 0.940. The Morgan fingerprint density at radius 3 is 2.67 bits per heavy atom. The van der Waals surface area contributed by atoms with Gasteiger partial charge in [0.1, 0.15) is 6.09 Å². The second kappa shape index (κ2) is 4.87. The Morgan fingerprint density at radius 2 is 2.17 bits per heavy atom. The third kappa shape index (κ3) is 3.15. The standard InChI is InChI=1S/C7H13NO2S2/c1-8(7(9)10)5-6-11-3-2-4-12-6/h6H,2-5H2,1H3,(H,9,10)/p-1. The van der Waals surface area contributed by atoms with Gasteiger partial charge in [0.2, 0.25) is 0 Å². The topological polar surface area (TPSA) is 43.4 Å². The molecule has 0 aromatic heterocycles. The lowest BCUT2D eigenvalue weighted by Gasteiger charge is -2.27. The van der Waals surface area contributed by atoms with Crippen LogP contribution in [-0.4, -0.2) is 40.7 Å². The van der Waals surface area contributed by atoms with Gasteiger partial charge in [0, 0.05) is 13.6 Å². The third-order valence-corrected chi connectivity index (χ3v) is 4.54. The number of amides is 1. The van der Waals surface area contributed by atoms with Gasteiger partial charge in [-0.05, 0) is 17.9 Å². The molecule has 0 saturated carbocycles. The molecule has 1 amide bonds. The molecule has 12 heavy (non-hydrogen) atoms. The van der Waals surface area contributed by atoms with Crippen LogP contribution in [0.3, 0.4) is 0 Å². The zero-order chi connectivity index (χ0) is 8.97. The van der Waals surface area contributed by atoms with Gasteiger partial charge in [0.15, 0.2) is 0 Å². The Morgan fingerprint density at radius 1 is 1.58 bits per heavy atom. The summed E-state index contributed by atoms with van der Waals surface area (Å²) in [7, 11) is 1.56. The second-order valence-electron chi connectivity index (χ2n) is 2.67. The van der Waals surface area contributed by atoms with E-state index in [-0.39, 0.29) is 0 Å². The molecule has 5 heteroatoms. The summed E-state index contributed by atoms with van der Waals surface area (Å²) in [5.41, 5.74) is 0. The predicted molar refractivity (Wildman–Crippen MR) is 51.3 cm³/mol. The molecule has 1 saturated heterocycles. The van der Waals surface area contributed by atoms with Crippen LogP contribution in [0.5, 0.6) is 0 Å². The average molecular weight is 206 g/mol. The molecule has 0 radical (unpaired) electrons. The van der Waals surface area contributed by atoms with Gasteiger partial charge in [0.05, 0.1) is 4.58 Å². The number of hydrogen-bond acceptors (Lipinski definition) is 4. The van der Waals surface area contributed by atoms with Crippen molar-refractivity contribution in [1.82, 2.24) is 4.90 Å². The van der Waals surface area contributed by atoms with Crippen LogP contribution in [0.25, 0.3) is 0 Å². The first kappa shape index (κ1) is 10.1. The highest BCUT2D eigenvalue weighted by Crippen LogP contribution is 2.30. The molecule has 1 aliphatic rings. The SMILES string of the molecule is CN(CC1SCCCS1)C(=O)[O-]. The highest BCUT2D eigenvalue weighted by molar-refractivity contribution is 8.17. The highest BCUT2D eigenvalue weighted by atomic mass is 32.2. The molecule has 1 rings (SSSR count). The Hall–Kier alpha value is -0.0300. The van der Waals surface area contributed by atoms with Crippen molar-refractivity contribution < 1.29 is 9.90 Å². The minimum Gasteiger partial charge on any atom is -0.530 e. The molecule has 0 N–H and O–H groups in total. The summed E-state index contributed by atoms with van der Waals surface area (Å²) in [6.07, 6.45) is 0.155. The van der Waals surface area contributed by atoms with E-state index in [2.05, 4.69) is 0 Å². The van der Waals surface area contributed by atoms with Gasteiger partial charge >= 0.3 is 0 Å². The van der Waals surface area contributed by atoms with E-state index < -0.39 is 6.09 Å². The Kier molecular flexibility index (Phi) is 4.08. The molecular formula is C7H12NO2S2-. The van der Waals surface area contributed by atoms with Crippen molar-refractivity contribution in [3.63, 3.8) is 0 Å². The molecular weight excluding hydrogens is 194 g/mol. The fraction of sp³-hybridized carbons (Fsp3) is 0.857. The minimum absolute atomic E-state index is 0.404. The van der Waals surface area contributed by atoms with E-state index in [9.17, 15) is 9.90 Å². The number of rotatable bonds is 2. The van der Waals surface area contributed by atoms with E-state index in [4.69, 9.17) is 0 Å². The molecule has 0 aromatic carbocycles. The van der Waals surface area contributed by atoms with Crippen molar-refractivity contribution in [1.29, 1.82) is 0 Å². The summed E-state index contributed by atoms with van der Waals surface area (Å²) >= 11 is 3.68. The largest absolute Gasteiger partial charge is 0.530 e. The second-order valence-corrected chi connectivity index (χ2v) is 5.59. The summed E-state index contributed by atoms with van der Waals surface area (Å²) in [5.74, 6) is 2.30. The normalized spacial score (nSPS) is 19.1. The molecule has 0 atom stereocenters. The van der Waals surface area contributed by atoms with E-state index in [0.29, 0.717) is 11.1 Å². The van der Waals surface area contributed by atoms with Crippen molar-refractivity contribution in [3.8, 4) is 0 Å². The Bertz CT molecular complexity index is 159. The third-order valence-electron chi connectivity index (χ3n) is 1.63. The monoisotopic (exact) mass is 206 g/mol. The lowest BCUT2D eigenvalue weighted by molar-refractivity contribution is -0.263. The Balaban J connectivity index is 2.24. The lowest BCUT2D eigenvalue weighted by atomic mass is 10.6. The molecule has 1 fully saturated rings. The van der Waals surface area contributed by atoms with Crippen LogP contribution in [0.2, 0.25) is 0 Å². The number of thioether (sulfide) groups is 2. The van der Waals surface area contributed by atoms with Gasteiger partial charge in [0.25, 0.3) is 0 Å². The fourth-order valence-corrected chi connectivity index (χ4v) is 3.89. The van der Waals surface area contributed by atoms with Crippen LogP contribution in [0.1, 0.15) is 6.42 Å². The maximum Gasteiger partial charge on any atom is 0.136 e. The molecule has 70 valence electrons. The van der Waals surface area contributed by atoms with E-state index in [0.717, 1.165) is 11.5 Å². The van der Waals surface area contributed by atoms with E-state index in [1.165, 1.54) is 11.3 Å². The molecule has 0 unspecified atom stereocenters. The quantitative estimate of drug-likeness (QED) is 0.658. The van der Waals surface area contributed by atoms with Gasteiger partial charge in [-0.1, -0.05) is 0 Å². The maximum atomic E-state index is 10.4. The van der Waals surface area contributed by atoms with Crippen LogP contribution >= 0.6 is 23.5 Å². The van der Waals surface area contributed by atoms with Crippen molar-refractivity contribution in [2.75, 3.05) is 25.1 Å². The predicted octanol–water partition coefficient (Wildman–Crippen LogP) is 0.458. The molecule has 3 nitrogen and oxygen atoms in total. The first-order valence-corrected chi connectivity index (χ1v) is 5.95. The molecule has 1 aliphatic heterocycles. The molecule has 0 aromatic rings. The zero-order valence-electron chi connectivity index (χ0n) is 6.99. The van der Waals surface area contributed by atoms with Crippen LogP contribution in [0.4, 0.5) is 4.79 Å². The highest BCUT2D eigenvalue weighted by Gasteiger charge is 2.15. The van der Waals surface area contributed by atoms with Crippen molar-refractivity contribution in [3.05, 3.63) is 0 Å². The summed E-state index contributed by atoms with van der Waals surface area (Å²) in [6.45, 7) is 0.581. The molecule has 0 aliphatic carbocycles. The number of carbonyl (C=O) groups is 1. The van der Waals surface area contributed by atoms with Crippen molar-refractivity contribution in [2.45, 2.75) is 11.0 Å². The number of carboxylic acid groups (broad SMARTS) is 1. The van der Waals surface area contributed by atoms with E-state index in [1.54, 1.807) is 7.05 Å². The molecule has 0 spiro atoms. The summed E-state index contributed by atoms with van der Waals surface area (Å²) in [4.78, 5) is 11.6. The van der Waals surface area contributed by atoms with Crippen LogP contribution in [0.15, 0.2) is 0 Å². The number of nitrogens with zero attached hydrogens (tertiary/aromatic N) is 1. The number of hydrogen-bond donors (Lipinski definition) is 0. The van der Waals surface area contributed by atoms with Crippen LogP contribution in [-0.2, 0) is 0 Å².